The molecule has 3 heterocycles. The highest BCUT2D eigenvalue weighted by molar-refractivity contribution is 7.17. The summed E-state index contributed by atoms with van der Waals surface area (Å²) in [6, 6.07) is 11.7. The van der Waals surface area contributed by atoms with Crippen LogP contribution in [0.3, 0.4) is 0 Å². The number of aliphatic hydroxyl groups is 1. The summed E-state index contributed by atoms with van der Waals surface area (Å²) in [4.78, 5) is 17.9. The fourth-order valence-corrected chi connectivity index (χ4v) is 8.90. The first kappa shape index (κ1) is 23.3. The molecular weight excluding hydrogens is 484 g/mol. The normalized spacial score (nSPS) is 31.6. The smallest absolute Gasteiger partial charge is 0.227 e. The molecule has 1 amide bonds. The number of phenols is 1. The van der Waals surface area contributed by atoms with Gasteiger partial charge in [0.15, 0.2) is 11.5 Å². The largest absolute Gasteiger partial charge is 0.504 e. The number of hydrogen-bond acceptors (Lipinski definition) is 6. The van der Waals surface area contributed by atoms with Crippen molar-refractivity contribution < 1.29 is 19.7 Å². The van der Waals surface area contributed by atoms with Crippen LogP contribution in [-0.2, 0) is 23.1 Å². The molecule has 2 N–H and O–H groups in total. The summed E-state index contributed by atoms with van der Waals surface area (Å²) >= 11 is 1.69. The summed E-state index contributed by atoms with van der Waals surface area (Å²) in [7, 11) is 1.88. The summed E-state index contributed by atoms with van der Waals surface area (Å²) in [5, 5.41) is 26.6. The average molecular weight is 517 g/mol. The molecule has 2 unspecified atom stereocenters. The fraction of sp³-hybridized carbons (Fsp3) is 0.433. The van der Waals surface area contributed by atoms with Crippen LogP contribution < -0.4 is 4.74 Å². The van der Waals surface area contributed by atoms with Crippen LogP contribution in [0.5, 0.6) is 11.5 Å². The number of nitrogens with zero attached hydrogens (tertiary/aromatic N) is 2. The summed E-state index contributed by atoms with van der Waals surface area (Å²) in [5.41, 5.74) is 1.50. The van der Waals surface area contributed by atoms with E-state index in [1.165, 1.54) is 4.70 Å². The second kappa shape index (κ2) is 8.06. The summed E-state index contributed by atoms with van der Waals surface area (Å²) in [5.74, 6) is 0.673. The summed E-state index contributed by atoms with van der Waals surface area (Å²) in [6.07, 6.45) is 4.49. The van der Waals surface area contributed by atoms with E-state index in [9.17, 15) is 15.0 Å². The monoisotopic (exact) mass is 516 g/mol. The minimum absolute atomic E-state index is 0.0472. The Bertz CT molecular complexity index is 1430. The van der Waals surface area contributed by atoms with Crippen molar-refractivity contribution in [2.45, 2.75) is 61.3 Å². The number of carbonyl (C=O) groups excluding carboxylic acids is 1. The van der Waals surface area contributed by atoms with Crippen molar-refractivity contribution >= 4 is 27.3 Å². The lowest BCUT2D eigenvalue weighted by atomic mass is 9.48. The number of rotatable bonds is 5. The zero-order valence-electron chi connectivity index (χ0n) is 21.0. The van der Waals surface area contributed by atoms with Gasteiger partial charge in [-0.05, 0) is 72.3 Å². The van der Waals surface area contributed by atoms with Gasteiger partial charge in [0, 0.05) is 29.9 Å². The molecular formula is C30H32N2O4S. The molecule has 4 aliphatic rings. The molecule has 1 saturated carbocycles. The van der Waals surface area contributed by atoms with E-state index in [4.69, 9.17) is 4.74 Å². The number of fused-ring (bicyclic) bond motifs is 1. The van der Waals surface area contributed by atoms with E-state index in [1.807, 2.05) is 36.2 Å². The molecule has 7 rings (SSSR count). The van der Waals surface area contributed by atoms with Crippen LogP contribution in [0.1, 0.15) is 36.0 Å². The molecule has 1 spiro atoms. The summed E-state index contributed by atoms with van der Waals surface area (Å²) < 4.78 is 7.81. The molecule has 7 heteroatoms. The van der Waals surface area contributed by atoms with Gasteiger partial charge in [-0.25, -0.2) is 0 Å². The molecule has 1 aromatic heterocycles. The van der Waals surface area contributed by atoms with Crippen molar-refractivity contribution in [1.29, 1.82) is 0 Å². The van der Waals surface area contributed by atoms with Crippen LogP contribution in [0, 0.1) is 0 Å². The van der Waals surface area contributed by atoms with E-state index in [-0.39, 0.29) is 23.7 Å². The number of phenolic OH excluding ortho intramolecular Hbond substituents is 1. The van der Waals surface area contributed by atoms with Crippen molar-refractivity contribution in [3.8, 4) is 11.5 Å². The molecule has 192 valence electrons. The van der Waals surface area contributed by atoms with E-state index in [0.717, 1.165) is 41.6 Å². The molecule has 2 aromatic carbocycles. The third-order valence-electron chi connectivity index (χ3n) is 9.72. The Balaban J connectivity index is 1.27. The zero-order valence-corrected chi connectivity index (χ0v) is 21.8. The van der Waals surface area contributed by atoms with Crippen LogP contribution in [-0.4, -0.2) is 69.8 Å². The number of ether oxygens (including phenoxy) is 1. The van der Waals surface area contributed by atoms with Crippen molar-refractivity contribution in [3.63, 3.8) is 0 Å². The molecule has 1 saturated heterocycles. The fourth-order valence-electron chi connectivity index (χ4n) is 8.07. The van der Waals surface area contributed by atoms with Gasteiger partial charge >= 0.3 is 0 Å². The lowest BCUT2D eigenvalue weighted by Gasteiger charge is -2.64. The van der Waals surface area contributed by atoms with Gasteiger partial charge in [0.2, 0.25) is 5.91 Å². The van der Waals surface area contributed by atoms with Gasteiger partial charge in [0.1, 0.15) is 6.10 Å². The van der Waals surface area contributed by atoms with Gasteiger partial charge in [-0.15, -0.1) is 17.9 Å². The Hall–Kier alpha value is -2.87. The van der Waals surface area contributed by atoms with Gasteiger partial charge < -0.3 is 19.8 Å². The zero-order chi connectivity index (χ0) is 25.5. The number of hydrogen-bond donors (Lipinski definition) is 2. The highest BCUT2D eigenvalue weighted by Gasteiger charge is 2.73. The minimum atomic E-state index is -0.992. The molecule has 2 aliphatic carbocycles. The number of aromatic hydroxyl groups is 1. The average Bonchev–Trinajstić information content (AvgIpc) is 3.50. The molecule has 2 fully saturated rings. The van der Waals surface area contributed by atoms with E-state index in [2.05, 4.69) is 29.0 Å². The number of likely N-dealkylation sites (tertiary alicyclic amines) is 1. The van der Waals surface area contributed by atoms with E-state index in [0.29, 0.717) is 31.4 Å². The molecule has 0 radical (unpaired) electrons. The van der Waals surface area contributed by atoms with Crippen molar-refractivity contribution in [1.82, 2.24) is 9.80 Å². The van der Waals surface area contributed by atoms with Crippen LogP contribution in [0.25, 0.3) is 10.1 Å². The first-order valence-electron chi connectivity index (χ1n) is 13.2. The van der Waals surface area contributed by atoms with Gasteiger partial charge in [-0.1, -0.05) is 24.3 Å². The minimum Gasteiger partial charge on any atom is -0.504 e. The first-order chi connectivity index (χ1) is 17.9. The van der Waals surface area contributed by atoms with Crippen LogP contribution >= 0.6 is 11.3 Å². The topological polar surface area (TPSA) is 73.2 Å². The Kier molecular flexibility index (Phi) is 5.07. The predicted molar refractivity (Wildman–Crippen MR) is 144 cm³/mol. The Morgan fingerprint density at radius 1 is 1.30 bits per heavy atom. The van der Waals surface area contributed by atoms with Gasteiger partial charge in [0.05, 0.1) is 23.5 Å². The Morgan fingerprint density at radius 2 is 2.16 bits per heavy atom. The van der Waals surface area contributed by atoms with Gasteiger partial charge in [-0.3, -0.25) is 9.69 Å². The van der Waals surface area contributed by atoms with Crippen LogP contribution in [0.15, 0.2) is 54.4 Å². The highest BCUT2D eigenvalue weighted by Crippen LogP contribution is 2.65. The number of piperidine rings is 1. The number of carbonyl (C=O) groups is 1. The van der Waals surface area contributed by atoms with Gasteiger partial charge in [0.25, 0.3) is 0 Å². The van der Waals surface area contributed by atoms with Crippen LogP contribution in [0.2, 0.25) is 0 Å². The lowest BCUT2D eigenvalue weighted by Crippen LogP contribution is -2.78. The second-order valence-corrected chi connectivity index (χ2v) is 12.1. The van der Waals surface area contributed by atoms with Crippen LogP contribution in [0.4, 0.5) is 0 Å². The number of likely N-dealkylation sites (N-methyl/N-ethyl adjacent to an activating group) is 1. The van der Waals surface area contributed by atoms with Crippen molar-refractivity contribution in [2.75, 3.05) is 20.1 Å². The second-order valence-electron chi connectivity index (χ2n) is 11.2. The lowest BCUT2D eigenvalue weighted by molar-refractivity contribution is -0.198. The first-order valence-corrected chi connectivity index (χ1v) is 14.1. The van der Waals surface area contributed by atoms with Gasteiger partial charge in [-0.2, -0.15) is 0 Å². The predicted octanol–water partition coefficient (Wildman–Crippen LogP) is 4.02. The molecule has 5 atom stereocenters. The molecule has 3 aromatic rings. The third kappa shape index (κ3) is 2.96. The quantitative estimate of drug-likeness (QED) is 0.502. The number of benzene rings is 2. The van der Waals surface area contributed by atoms with E-state index < -0.39 is 17.1 Å². The van der Waals surface area contributed by atoms with Crippen molar-refractivity contribution in [2.24, 2.45) is 0 Å². The maximum atomic E-state index is 13.7. The maximum Gasteiger partial charge on any atom is 0.227 e. The Morgan fingerprint density at radius 3 is 3.00 bits per heavy atom. The Labute approximate surface area is 220 Å². The third-order valence-corrected chi connectivity index (χ3v) is 10.6. The van der Waals surface area contributed by atoms with E-state index in [1.54, 1.807) is 17.4 Å². The summed E-state index contributed by atoms with van der Waals surface area (Å²) in [6.45, 7) is 5.49. The SMILES string of the molecule is C=CCN1CC[C@]23c4c5ccc(O)c4OC2C(N(C)C(=O)Cc2cccc4sccc24)CC[C@@]3(O)[C@H]1C5. The standard InChI is InChI=1S/C30H32N2O4S/c1-3-13-32-14-12-29-26-19-7-8-22(33)27(26)36-28(29)21(9-11-30(29,35)24(32)16-19)31(2)25(34)17-18-5-4-6-23-20(18)10-15-37-23/h3-8,10,15,21,24,28,33,35H,1,9,11-14,16-17H2,2H3/t21?,24-,28?,29+,30-/m1/s1. The maximum absolute atomic E-state index is 13.7. The molecule has 6 nitrogen and oxygen atoms in total. The number of amides is 1. The molecule has 2 aliphatic heterocycles. The molecule has 2 bridgehead atoms. The number of thiophene rings is 1. The van der Waals surface area contributed by atoms with E-state index >= 15 is 0 Å². The van der Waals surface area contributed by atoms with Crippen molar-refractivity contribution in [3.05, 3.63) is 71.1 Å². The highest BCUT2D eigenvalue weighted by atomic mass is 32.1. The molecule has 37 heavy (non-hydrogen) atoms.